The van der Waals surface area contributed by atoms with Crippen LogP contribution >= 0.6 is 11.6 Å². The Morgan fingerprint density at radius 1 is 1.04 bits per heavy atom. The first-order valence-electron chi connectivity index (χ1n) is 8.80. The molecule has 1 aliphatic rings. The first kappa shape index (κ1) is 18.2. The molecule has 9 nitrogen and oxygen atoms in total. The molecule has 0 unspecified atom stereocenters. The Bertz CT molecular complexity index is 934. The Balaban J connectivity index is 1.45. The van der Waals surface area contributed by atoms with Crippen LogP contribution in [0.1, 0.15) is 0 Å². The molecule has 4 rings (SSSR count). The molecular formula is C18H19ClN8O. The molecule has 1 saturated heterocycles. The van der Waals surface area contributed by atoms with E-state index >= 15 is 0 Å². The maximum Gasteiger partial charge on any atom is 0.247 e. The van der Waals surface area contributed by atoms with Gasteiger partial charge >= 0.3 is 0 Å². The standard InChI is InChI=1S/C18H19ClN8O/c1-28-15-4-3-13(19)11-14(15)23-16-12-22-25-18(24-16)27-9-7-26(8-10-27)17-20-5-2-6-21-17/h2-6,11-12H,7-10H2,1H3,(H,23,24,25). The molecule has 2 aromatic heterocycles. The van der Waals surface area contributed by atoms with Crippen LogP contribution in [0.3, 0.4) is 0 Å². The zero-order valence-electron chi connectivity index (χ0n) is 15.3. The topological polar surface area (TPSA) is 92.2 Å². The van der Waals surface area contributed by atoms with Gasteiger partial charge in [0.1, 0.15) is 5.75 Å². The second-order valence-electron chi connectivity index (χ2n) is 6.13. The Morgan fingerprint density at radius 2 is 1.75 bits per heavy atom. The summed E-state index contributed by atoms with van der Waals surface area (Å²) in [5.41, 5.74) is 0.715. The van der Waals surface area contributed by atoms with Gasteiger partial charge in [0, 0.05) is 43.6 Å². The fourth-order valence-electron chi connectivity index (χ4n) is 2.97. The van der Waals surface area contributed by atoms with E-state index in [9.17, 15) is 0 Å². The third-order valence-electron chi connectivity index (χ3n) is 4.37. The third kappa shape index (κ3) is 4.04. The van der Waals surface area contributed by atoms with E-state index in [1.165, 1.54) is 0 Å². The van der Waals surface area contributed by atoms with E-state index in [1.807, 2.05) is 6.07 Å². The summed E-state index contributed by atoms with van der Waals surface area (Å²) in [4.78, 5) is 17.4. The van der Waals surface area contributed by atoms with Crippen LogP contribution < -0.4 is 19.9 Å². The predicted molar refractivity (Wildman–Crippen MR) is 108 cm³/mol. The van der Waals surface area contributed by atoms with Crippen LogP contribution in [0, 0.1) is 0 Å². The van der Waals surface area contributed by atoms with Crippen molar-refractivity contribution in [3.63, 3.8) is 0 Å². The maximum atomic E-state index is 6.09. The zero-order chi connectivity index (χ0) is 19.3. The molecule has 1 aliphatic heterocycles. The number of rotatable bonds is 5. The van der Waals surface area contributed by atoms with E-state index in [2.05, 4.69) is 40.3 Å². The number of benzene rings is 1. The summed E-state index contributed by atoms with van der Waals surface area (Å²) < 4.78 is 5.36. The van der Waals surface area contributed by atoms with E-state index in [4.69, 9.17) is 16.3 Å². The molecule has 0 spiro atoms. The number of piperazine rings is 1. The molecular weight excluding hydrogens is 380 g/mol. The van der Waals surface area contributed by atoms with Crippen molar-refractivity contribution >= 4 is 35.0 Å². The molecule has 1 fully saturated rings. The summed E-state index contributed by atoms with van der Waals surface area (Å²) >= 11 is 6.09. The van der Waals surface area contributed by atoms with Crippen molar-refractivity contribution < 1.29 is 4.74 Å². The smallest absolute Gasteiger partial charge is 0.247 e. The summed E-state index contributed by atoms with van der Waals surface area (Å²) in [7, 11) is 1.61. The minimum absolute atomic E-state index is 0.569. The molecule has 0 saturated carbocycles. The average Bonchev–Trinajstić information content (AvgIpc) is 2.75. The van der Waals surface area contributed by atoms with Gasteiger partial charge in [0.05, 0.1) is 19.0 Å². The minimum Gasteiger partial charge on any atom is -0.495 e. The van der Waals surface area contributed by atoms with Crippen LogP contribution in [0.25, 0.3) is 0 Å². The van der Waals surface area contributed by atoms with E-state index in [0.29, 0.717) is 28.2 Å². The van der Waals surface area contributed by atoms with Gasteiger partial charge in [-0.15, -0.1) is 5.10 Å². The SMILES string of the molecule is COc1ccc(Cl)cc1Nc1cnnc(N2CCN(c3ncccn3)CC2)n1. The Hall–Kier alpha value is -3.20. The molecule has 0 radical (unpaired) electrons. The molecule has 1 N–H and O–H groups in total. The number of hydrogen-bond donors (Lipinski definition) is 1. The lowest BCUT2D eigenvalue weighted by Crippen LogP contribution is -2.47. The number of nitrogens with one attached hydrogen (secondary N) is 1. The quantitative estimate of drug-likeness (QED) is 0.695. The van der Waals surface area contributed by atoms with Gasteiger partial charge in [-0.25, -0.2) is 9.97 Å². The van der Waals surface area contributed by atoms with Crippen LogP contribution in [0.2, 0.25) is 5.02 Å². The van der Waals surface area contributed by atoms with Crippen LogP contribution in [0.4, 0.5) is 23.4 Å². The number of ether oxygens (including phenoxy) is 1. The third-order valence-corrected chi connectivity index (χ3v) is 4.60. The highest BCUT2D eigenvalue weighted by Crippen LogP contribution is 2.30. The molecule has 3 aromatic rings. The lowest BCUT2D eigenvalue weighted by Gasteiger charge is -2.34. The van der Waals surface area contributed by atoms with Gasteiger partial charge in [-0.1, -0.05) is 11.6 Å². The van der Waals surface area contributed by atoms with Crippen molar-refractivity contribution in [3.8, 4) is 5.75 Å². The van der Waals surface area contributed by atoms with Gasteiger partial charge in [0.2, 0.25) is 11.9 Å². The van der Waals surface area contributed by atoms with Crippen molar-refractivity contribution in [1.29, 1.82) is 0 Å². The number of aromatic nitrogens is 5. The van der Waals surface area contributed by atoms with Crippen LogP contribution in [0.15, 0.2) is 42.9 Å². The van der Waals surface area contributed by atoms with Gasteiger partial charge in [0.25, 0.3) is 0 Å². The van der Waals surface area contributed by atoms with E-state index in [0.717, 1.165) is 32.1 Å². The highest BCUT2D eigenvalue weighted by atomic mass is 35.5. The summed E-state index contributed by atoms with van der Waals surface area (Å²) in [5, 5.41) is 12.1. The predicted octanol–water partition coefficient (Wildman–Crippen LogP) is 2.39. The number of halogens is 1. The number of methoxy groups -OCH3 is 1. The van der Waals surface area contributed by atoms with Crippen LogP contribution in [0.5, 0.6) is 5.75 Å². The summed E-state index contributed by atoms with van der Waals surface area (Å²) in [6, 6.07) is 7.16. The fraction of sp³-hybridized carbons (Fsp3) is 0.278. The molecule has 0 atom stereocenters. The van der Waals surface area contributed by atoms with Gasteiger partial charge < -0.3 is 19.9 Å². The molecule has 10 heteroatoms. The molecule has 0 bridgehead atoms. The largest absolute Gasteiger partial charge is 0.495 e. The summed E-state index contributed by atoms with van der Waals surface area (Å²) in [6.07, 6.45) is 5.07. The Kier molecular flexibility index (Phi) is 5.34. The van der Waals surface area contributed by atoms with Crippen molar-refractivity contribution in [2.75, 3.05) is 48.4 Å². The van der Waals surface area contributed by atoms with Crippen molar-refractivity contribution in [3.05, 3.63) is 47.9 Å². The van der Waals surface area contributed by atoms with Gasteiger partial charge in [-0.05, 0) is 24.3 Å². The lowest BCUT2D eigenvalue weighted by molar-refractivity contribution is 0.417. The van der Waals surface area contributed by atoms with E-state index in [-0.39, 0.29) is 0 Å². The summed E-state index contributed by atoms with van der Waals surface area (Å²) in [6.45, 7) is 3.08. The first-order chi connectivity index (χ1) is 13.7. The molecule has 0 amide bonds. The molecule has 0 aliphatic carbocycles. The van der Waals surface area contributed by atoms with E-state index in [1.54, 1.807) is 43.9 Å². The maximum absolute atomic E-state index is 6.09. The number of anilines is 4. The van der Waals surface area contributed by atoms with E-state index < -0.39 is 0 Å². The first-order valence-corrected chi connectivity index (χ1v) is 9.18. The van der Waals surface area contributed by atoms with Gasteiger partial charge in [-0.2, -0.15) is 10.1 Å². The highest BCUT2D eigenvalue weighted by Gasteiger charge is 2.21. The van der Waals surface area contributed by atoms with Crippen molar-refractivity contribution in [1.82, 2.24) is 25.1 Å². The second kappa shape index (κ2) is 8.22. The lowest BCUT2D eigenvalue weighted by atomic mass is 10.3. The Labute approximate surface area is 167 Å². The molecule has 28 heavy (non-hydrogen) atoms. The molecule has 1 aromatic carbocycles. The number of nitrogens with zero attached hydrogens (tertiary/aromatic N) is 7. The van der Waals surface area contributed by atoms with Crippen molar-refractivity contribution in [2.45, 2.75) is 0 Å². The van der Waals surface area contributed by atoms with Crippen LogP contribution in [-0.2, 0) is 0 Å². The minimum atomic E-state index is 0.569. The van der Waals surface area contributed by atoms with Crippen LogP contribution in [-0.4, -0.2) is 58.4 Å². The Morgan fingerprint density at radius 3 is 2.46 bits per heavy atom. The number of hydrogen-bond acceptors (Lipinski definition) is 9. The normalized spacial score (nSPS) is 14.1. The average molecular weight is 399 g/mol. The van der Waals surface area contributed by atoms with Gasteiger partial charge in [0.15, 0.2) is 5.82 Å². The monoisotopic (exact) mass is 398 g/mol. The molecule has 144 valence electrons. The molecule has 3 heterocycles. The zero-order valence-corrected chi connectivity index (χ0v) is 16.0. The van der Waals surface area contributed by atoms with Gasteiger partial charge in [-0.3, -0.25) is 0 Å². The van der Waals surface area contributed by atoms with Crippen molar-refractivity contribution in [2.24, 2.45) is 0 Å². The second-order valence-corrected chi connectivity index (χ2v) is 6.57. The summed E-state index contributed by atoms with van der Waals surface area (Å²) in [5.74, 6) is 2.55. The highest BCUT2D eigenvalue weighted by molar-refractivity contribution is 6.31. The fourth-order valence-corrected chi connectivity index (χ4v) is 3.14.